The first-order valence-corrected chi connectivity index (χ1v) is 14.1. The predicted molar refractivity (Wildman–Crippen MR) is 168 cm³/mol. The second-order valence-corrected chi connectivity index (χ2v) is 9.81. The number of aromatic nitrogens is 10. The minimum atomic E-state index is -0.194. The molecule has 0 spiro atoms. The van der Waals surface area contributed by atoms with E-state index in [1.54, 1.807) is 95.0 Å². The number of pyridine rings is 4. The van der Waals surface area contributed by atoms with Gasteiger partial charge in [-0.05, 0) is 60.7 Å². The first-order chi connectivity index (χ1) is 22.7. The number of fused-ring (bicyclic) bond motifs is 2. The normalized spacial score (nSPS) is 10.8. The highest BCUT2D eigenvalue weighted by atomic mass is 16.1. The maximum Gasteiger partial charge on any atom is 0.216 e. The molecule has 0 radical (unpaired) electrons. The molecule has 0 amide bonds. The molecule has 0 unspecified atom stereocenters. The van der Waals surface area contributed by atoms with Crippen molar-refractivity contribution in [1.29, 1.82) is 0 Å². The standard InChI is InChI=1S/2C17H11N5O/c2*23-16(14-3-1-2-7-19-14)13-11-21-22-15(6-10-20-17(13)22)12-4-8-18-9-5-12/h2*1-11H. The number of carbonyl (C=O) groups excluding carboxylic acids is 2. The highest BCUT2D eigenvalue weighted by molar-refractivity contribution is 6.12. The van der Waals surface area contributed by atoms with Crippen LogP contribution in [0.3, 0.4) is 0 Å². The van der Waals surface area contributed by atoms with E-state index in [-0.39, 0.29) is 11.6 Å². The summed E-state index contributed by atoms with van der Waals surface area (Å²) in [4.78, 5) is 50.1. The quantitative estimate of drug-likeness (QED) is 0.242. The lowest BCUT2D eigenvalue weighted by molar-refractivity contribution is 0.102. The maximum absolute atomic E-state index is 12.6. The van der Waals surface area contributed by atoms with E-state index in [0.717, 1.165) is 22.5 Å². The van der Waals surface area contributed by atoms with Gasteiger partial charge in [0, 0.05) is 60.7 Å². The molecule has 8 rings (SSSR count). The number of hydrogen-bond acceptors (Lipinski definition) is 10. The fourth-order valence-electron chi connectivity index (χ4n) is 4.86. The van der Waals surface area contributed by atoms with Gasteiger partial charge in [0.1, 0.15) is 11.4 Å². The monoisotopic (exact) mass is 602 g/mol. The summed E-state index contributed by atoms with van der Waals surface area (Å²) in [7, 11) is 0. The Morgan fingerprint density at radius 2 is 0.891 bits per heavy atom. The fraction of sp³-hybridized carbons (Fsp3) is 0. The Bertz CT molecular complexity index is 2120. The van der Waals surface area contributed by atoms with Crippen LogP contribution in [-0.2, 0) is 0 Å². The van der Waals surface area contributed by atoms with Crippen LogP contribution in [0.5, 0.6) is 0 Å². The van der Waals surface area contributed by atoms with Gasteiger partial charge in [-0.1, -0.05) is 12.1 Å². The Kier molecular flexibility index (Phi) is 7.56. The zero-order valence-corrected chi connectivity index (χ0v) is 24.0. The zero-order chi connectivity index (χ0) is 31.3. The van der Waals surface area contributed by atoms with Crippen LogP contribution >= 0.6 is 0 Å². The lowest BCUT2D eigenvalue weighted by Gasteiger charge is -2.04. The molecule has 0 aliphatic rings. The molecular weight excluding hydrogens is 580 g/mol. The van der Waals surface area contributed by atoms with Crippen molar-refractivity contribution in [1.82, 2.24) is 49.1 Å². The van der Waals surface area contributed by atoms with Crippen LogP contribution in [0.1, 0.15) is 32.1 Å². The summed E-state index contributed by atoms with van der Waals surface area (Å²) in [6, 6.07) is 21.7. The van der Waals surface area contributed by atoms with E-state index in [2.05, 4.69) is 40.1 Å². The molecule has 0 atom stereocenters. The largest absolute Gasteiger partial charge is 0.287 e. The molecule has 0 bridgehead atoms. The molecule has 0 N–H and O–H groups in total. The van der Waals surface area contributed by atoms with Crippen LogP contribution < -0.4 is 0 Å². The van der Waals surface area contributed by atoms with E-state index < -0.39 is 0 Å². The van der Waals surface area contributed by atoms with Crippen molar-refractivity contribution in [2.75, 3.05) is 0 Å². The molecule has 8 aromatic heterocycles. The van der Waals surface area contributed by atoms with Crippen LogP contribution in [0.25, 0.3) is 33.8 Å². The first-order valence-electron chi connectivity index (χ1n) is 14.1. The molecule has 0 saturated heterocycles. The highest BCUT2D eigenvalue weighted by Gasteiger charge is 2.19. The Morgan fingerprint density at radius 1 is 0.457 bits per heavy atom. The Morgan fingerprint density at radius 3 is 1.28 bits per heavy atom. The van der Waals surface area contributed by atoms with Crippen molar-refractivity contribution in [2.24, 2.45) is 0 Å². The summed E-state index contributed by atoms with van der Waals surface area (Å²) in [5.74, 6) is -0.389. The molecule has 0 saturated carbocycles. The summed E-state index contributed by atoms with van der Waals surface area (Å²) >= 11 is 0. The van der Waals surface area contributed by atoms with Gasteiger partial charge in [-0.25, -0.2) is 19.0 Å². The first kappa shape index (κ1) is 28.0. The van der Waals surface area contributed by atoms with Gasteiger partial charge in [-0.15, -0.1) is 0 Å². The van der Waals surface area contributed by atoms with Gasteiger partial charge in [-0.2, -0.15) is 10.2 Å². The number of hydrogen-bond donors (Lipinski definition) is 0. The zero-order valence-electron chi connectivity index (χ0n) is 24.0. The molecule has 220 valence electrons. The van der Waals surface area contributed by atoms with E-state index in [0.29, 0.717) is 33.8 Å². The van der Waals surface area contributed by atoms with E-state index in [1.807, 2.05) is 36.4 Å². The number of ketones is 2. The average molecular weight is 603 g/mol. The van der Waals surface area contributed by atoms with Crippen LogP contribution in [0.2, 0.25) is 0 Å². The Hall–Kier alpha value is -6.82. The van der Waals surface area contributed by atoms with Gasteiger partial charge in [0.2, 0.25) is 11.6 Å². The summed E-state index contributed by atoms with van der Waals surface area (Å²) in [5.41, 5.74) is 6.22. The van der Waals surface area contributed by atoms with Crippen molar-refractivity contribution in [3.05, 3.63) is 157 Å². The van der Waals surface area contributed by atoms with Crippen LogP contribution in [0.4, 0.5) is 0 Å². The topological polar surface area (TPSA) is 146 Å². The molecule has 0 fully saturated rings. The van der Waals surface area contributed by atoms with Crippen LogP contribution in [-0.4, -0.2) is 60.7 Å². The SMILES string of the molecule is O=C(c1ccccn1)c1cnn2c(-c3ccncc3)ccnc12.O=C(c1ccccn1)c1cnn2c(-c3ccncc3)ccnc12. The molecule has 8 aromatic rings. The second-order valence-electron chi connectivity index (χ2n) is 9.81. The van der Waals surface area contributed by atoms with Crippen LogP contribution in [0, 0.1) is 0 Å². The third-order valence-corrected chi connectivity index (χ3v) is 7.04. The number of nitrogens with zero attached hydrogens (tertiary/aromatic N) is 10. The lowest BCUT2D eigenvalue weighted by Crippen LogP contribution is -2.04. The molecule has 0 aromatic carbocycles. The Balaban J connectivity index is 0.000000147. The fourth-order valence-corrected chi connectivity index (χ4v) is 4.86. The summed E-state index contributed by atoms with van der Waals surface area (Å²) in [6.45, 7) is 0. The van der Waals surface area contributed by atoms with Gasteiger partial charge < -0.3 is 0 Å². The summed E-state index contributed by atoms with van der Waals surface area (Å²) in [5, 5.41) is 8.65. The van der Waals surface area contributed by atoms with Crippen LogP contribution in [0.15, 0.2) is 135 Å². The van der Waals surface area contributed by atoms with E-state index >= 15 is 0 Å². The second kappa shape index (κ2) is 12.4. The van der Waals surface area contributed by atoms with Gasteiger partial charge >= 0.3 is 0 Å². The van der Waals surface area contributed by atoms with Crippen molar-refractivity contribution >= 4 is 22.9 Å². The molecular formula is C34H22N10O2. The van der Waals surface area contributed by atoms with Crippen molar-refractivity contribution in [3.63, 3.8) is 0 Å². The van der Waals surface area contributed by atoms with E-state index in [9.17, 15) is 9.59 Å². The third kappa shape index (κ3) is 5.37. The van der Waals surface area contributed by atoms with E-state index in [4.69, 9.17) is 0 Å². The number of carbonyl (C=O) groups is 2. The summed E-state index contributed by atoms with van der Waals surface area (Å²) in [6.07, 6.45) is 16.4. The van der Waals surface area contributed by atoms with Gasteiger partial charge in [-0.3, -0.25) is 29.5 Å². The molecule has 12 heteroatoms. The number of rotatable bonds is 6. The van der Waals surface area contributed by atoms with Crippen molar-refractivity contribution in [3.8, 4) is 22.5 Å². The smallest absolute Gasteiger partial charge is 0.216 e. The van der Waals surface area contributed by atoms with Gasteiger partial charge in [0.05, 0.1) is 34.9 Å². The third-order valence-electron chi connectivity index (χ3n) is 7.04. The van der Waals surface area contributed by atoms with E-state index in [1.165, 1.54) is 12.4 Å². The maximum atomic E-state index is 12.6. The average Bonchev–Trinajstić information content (AvgIpc) is 3.78. The molecule has 0 aliphatic carbocycles. The minimum Gasteiger partial charge on any atom is -0.287 e. The Labute approximate surface area is 261 Å². The molecule has 46 heavy (non-hydrogen) atoms. The lowest BCUT2D eigenvalue weighted by atomic mass is 10.1. The minimum absolute atomic E-state index is 0.194. The molecule has 12 nitrogen and oxygen atoms in total. The van der Waals surface area contributed by atoms with Gasteiger partial charge in [0.15, 0.2) is 11.3 Å². The van der Waals surface area contributed by atoms with Crippen molar-refractivity contribution < 1.29 is 9.59 Å². The molecule has 0 aliphatic heterocycles. The highest BCUT2D eigenvalue weighted by Crippen LogP contribution is 2.22. The predicted octanol–water partition coefficient (Wildman–Crippen LogP) is 4.83. The van der Waals surface area contributed by atoms with Gasteiger partial charge in [0.25, 0.3) is 0 Å². The van der Waals surface area contributed by atoms with Crippen molar-refractivity contribution in [2.45, 2.75) is 0 Å². The summed E-state index contributed by atoms with van der Waals surface area (Å²) < 4.78 is 3.32. The molecule has 8 heterocycles.